The summed E-state index contributed by atoms with van der Waals surface area (Å²) in [6, 6.07) is 15.9. The molecule has 1 aliphatic heterocycles. The minimum absolute atomic E-state index is 0. The number of ether oxygens (including phenoxy) is 1. The Morgan fingerprint density at radius 3 is 2.46 bits per heavy atom. The number of likely N-dealkylation sites (tertiary alicyclic amines) is 1. The van der Waals surface area contributed by atoms with E-state index in [2.05, 4.69) is 17.0 Å². The van der Waals surface area contributed by atoms with Crippen LogP contribution in [0.25, 0.3) is 0 Å². The quantitative estimate of drug-likeness (QED) is 0.450. The summed E-state index contributed by atoms with van der Waals surface area (Å²) >= 11 is 0. The molecule has 0 saturated carbocycles. The van der Waals surface area contributed by atoms with Crippen molar-refractivity contribution in [3.05, 3.63) is 75.8 Å². The van der Waals surface area contributed by atoms with Gasteiger partial charge in [-0.05, 0) is 24.5 Å². The van der Waals surface area contributed by atoms with Crippen LogP contribution in [-0.4, -0.2) is 35.0 Å². The molecular formula is C19H21ClN2O4. The first-order valence-corrected chi connectivity index (χ1v) is 8.33. The van der Waals surface area contributed by atoms with Crippen molar-refractivity contribution in [1.29, 1.82) is 0 Å². The van der Waals surface area contributed by atoms with Crippen LogP contribution in [0.5, 0.6) is 0 Å². The van der Waals surface area contributed by atoms with Crippen LogP contribution in [0.1, 0.15) is 28.8 Å². The second kappa shape index (κ2) is 9.31. The average Bonchev–Trinajstić information content (AvgIpc) is 2.64. The molecule has 2 aromatic carbocycles. The van der Waals surface area contributed by atoms with Crippen molar-refractivity contribution in [2.45, 2.75) is 25.5 Å². The fourth-order valence-electron chi connectivity index (χ4n) is 2.99. The Morgan fingerprint density at radius 2 is 1.81 bits per heavy atom. The lowest BCUT2D eigenvalue weighted by molar-refractivity contribution is -0.384. The number of non-ortho nitro benzene ring substituents is 1. The van der Waals surface area contributed by atoms with Gasteiger partial charge in [-0.15, -0.1) is 12.4 Å². The Bertz CT molecular complexity index is 746. The largest absolute Gasteiger partial charge is 0.459 e. The monoisotopic (exact) mass is 376 g/mol. The van der Waals surface area contributed by atoms with Crippen LogP contribution in [0.15, 0.2) is 54.6 Å². The summed E-state index contributed by atoms with van der Waals surface area (Å²) in [5.74, 6) is -0.495. The number of carbonyl (C=O) groups excluding carboxylic acids is 1. The Kier molecular flexibility index (Phi) is 7.12. The first kappa shape index (κ1) is 19.9. The van der Waals surface area contributed by atoms with Crippen molar-refractivity contribution in [3.8, 4) is 0 Å². The van der Waals surface area contributed by atoms with Crippen LogP contribution in [0.3, 0.4) is 0 Å². The Morgan fingerprint density at radius 1 is 1.12 bits per heavy atom. The third-order valence-electron chi connectivity index (χ3n) is 4.35. The van der Waals surface area contributed by atoms with Gasteiger partial charge in [0.1, 0.15) is 6.10 Å². The lowest BCUT2D eigenvalue weighted by Crippen LogP contribution is -2.37. The fraction of sp³-hybridized carbons (Fsp3) is 0.316. The second-order valence-electron chi connectivity index (χ2n) is 6.17. The number of hydrogen-bond donors (Lipinski definition) is 0. The van der Waals surface area contributed by atoms with E-state index in [0.717, 1.165) is 32.5 Å². The summed E-state index contributed by atoms with van der Waals surface area (Å²) in [4.78, 5) is 24.8. The van der Waals surface area contributed by atoms with Crippen molar-refractivity contribution in [2.75, 3.05) is 13.1 Å². The number of esters is 1. The molecule has 0 unspecified atom stereocenters. The normalized spacial score (nSPS) is 15.1. The van der Waals surface area contributed by atoms with Crippen LogP contribution in [0, 0.1) is 10.1 Å². The number of halogens is 1. The molecule has 0 atom stereocenters. The predicted octanol–water partition coefficient (Wildman–Crippen LogP) is 3.84. The summed E-state index contributed by atoms with van der Waals surface area (Å²) in [5.41, 5.74) is 1.39. The Labute approximate surface area is 158 Å². The number of rotatable bonds is 5. The topological polar surface area (TPSA) is 72.7 Å². The van der Waals surface area contributed by atoms with Gasteiger partial charge in [0.2, 0.25) is 0 Å². The van der Waals surface area contributed by atoms with Crippen LogP contribution >= 0.6 is 12.4 Å². The van der Waals surface area contributed by atoms with Crippen molar-refractivity contribution in [3.63, 3.8) is 0 Å². The molecule has 6 nitrogen and oxygen atoms in total. The zero-order valence-electron chi connectivity index (χ0n) is 14.2. The molecule has 0 radical (unpaired) electrons. The SMILES string of the molecule is Cl.O=C(OC1CCN(Cc2ccccc2)CC1)c1cccc([N+](=O)[O-])c1. The minimum atomic E-state index is -0.515. The second-order valence-corrected chi connectivity index (χ2v) is 6.17. The van der Waals surface area contributed by atoms with Gasteiger partial charge >= 0.3 is 5.97 Å². The van der Waals surface area contributed by atoms with Crippen molar-refractivity contribution in [1.82, 2.24) is 4.90 Å². The molecule has 0 amide bonds. The third-order valence-corrected chi connectivity index (χ3v) is 4.35. The lowest BCUT2D eigenvalue weighted by Gasteiger charge is -2.31. The van der Waals surface area contributed by atoms with Crippen LogP contribution < -0.4 is 0 Å². The van der Waals surface area contributed by atoms with Crippen molar-refractivity contribution in [2.24, 2.45) is 0 Å². The summed E-state index contributed by atoms with van der Waals surface area (Å²) in [6.45, 7) is 2.62. The van der Waals surface area contributed by atoms with Crippen LogP contribution in [0.4, 0.5) is 5.69 Å². The molecule has 0 spiro atoms. The molecule has 26 heavy (non-hydrogen) atoms. The van der Waals surface area contributed by atoms with E-state index in [1.807, 2.05) is 18.2 Å². The van der Waals surface area contributed by atoms with Crippen LogP contribution in [0.2, 0.25) is 0 Å². The predicted molar refractivity (Wildman–Crippen MR) is 101 cm³/mol. The molecular weight excluding hydrogens is 356 g/mol. The molecule has 0 aromatic heterocycles. The molecule has 2 aromatic rings. The number of nitro benzene ring substituents is 1. The van der Waals surface area contributed by atoms with Gasteiger partial charge in [0.15, 0.2) is 0 Å². The zero-order chi connectivity index (χ0) is 17.6. The highest BCUT2D eigenvalue weighted by Gasteiger charge is 2.23. The van der Waals surface area contributed by atoms with Gasteiger partial charge in [-0.1, -0.05) is 36.4 Å². The standard InChI is InChI=1S/C19H20N2O4.ClH/c22-19(16-7-4-8-17(13-16)21(23)24)25-18-9-11-20(12-10-18)14-15-5-2-1-3-6-15;/h1-8,13,18H,9-12,14H2;1H. The molecule has 0 aliphatic carbocycles. The maximum absolute atomic E-state index is 12.2. The summed E-state index contributed by atoms with van der Waals surface area (Å²) in [7, 11) is 0. The molecule has 0 N–H and O–H groups in total. The number of carbonyl (C=O) groups is 1. The molecule has 1 saturated heterocycles. The molecule has 138 valence electrons. The molecule has 3 rings (SSSR count). The summed E-state index contributed by atoms with van der Waals surface area (Å²) in [6.07, 6.45) is 1.40. The highest BCUT2D eigenvalue weighted by molar-refractivity contribution is 5.90. The first-order chi connectivity index (χ1) is 12.1. The summed E-state index contributed by atoms with van der Waals surface area (Å²) in [5, 5.41) is 10.8. The highest BCUT2D eigenvalue weighted by atomic mass is 35.5. The molecule has 1 heterocycles. The van der Waals surface area contributed by atoms with E-state index in [1.54, 1.807) is 6.07 Å². The van der Waals surface area contributed by atoms with Gasteiger partial charge in [-0.2, -0.15) is 0 Å². The first-order valence-electron chi connectivity index (χ1n) is 8.33. The summed E-state index contributed by atoms with van der Waals surface area (Å²) < 4.78 is 5.52. The van der Waals surface area contributed by atoms with Gasteiger partial charge in [-0.3, -0.25) is 15.0 Å². The smallest absolute Gasteiger partial charge is 0.338 e. The van der Waals surface area contributed by atoms with Gasteiger partial charge in [0.05, 0.1) is 10.5 Å². The van der Waals surface area contributed by atoms with Crippen molar-refractivity contribution < 1.29 is 14.5 Å². The van der Waals surface area contributed by atoms with Gasteiger partial charge in [-0.25, -0.2) is 4.79 Å². The average molecular weight is 377 g/mol. The van der Waals surface area contributed by atoms with Crippen LogP contribution in [-0.2, 0) is 11.3 Å². The lowest BCUT2D eigenvalue weighted by atomic mass is 10.1. The van der Waals surface area contributed by atoms with E-state index in [4.69, 9.17) is 4.74 Å². The number of nitro groups is 1. The number of nitrogens with zero attached hydrogens (tertiary/aromatic N) is 2. The van der Waals surface area contributed by atoms with E-state index in [0.29, 0.717) is 0 Å². The van der Waals surface area contributed by atoms with E-state index >= 15 is 0 Å². The van der Waals surface area contributed by atoms with Gasteiger partial charge < -0.3 is 4.74 Å². The number of hydrogen-bond acceptors (Lipinski definition) is 5. The highest BCUT2D eigenvalue weighted by Crippen LogP contribution is 2.19. The minimum Gasteiger partial charge on any atom is -0.459 e. The van der Waals surface area contributed by atoms with Gasteiger partial charge in [0, 0.05) is 31.8 Å². The zero-order valence-corrected chi connectivity index (χ0v) is 15.1. The molecule has 1 fully saturated rings. The fourth-order valence-corrected chi connectivity index (χ4v) is 2.99. The maximum atomic E-state index is 12.2. The maximum Gasteiger partial charge on any atom is 0.338 e. The van der Waals surface area contributed by atoms with E-state index in [9.17, 15) is 14.9 Å². The third kappa shape index (κ3) is 5.28. The van der Waals surface area contributed by atoms with E-state index in [-0.39, 0.29) is 29.8 Å². The Hall–Kier alpha value is -2.44. The molecule has 1 aliphatic rings. The number of piperidine rings is 1. The van der Waals surface area contributed by atoms with E-state index in [1.165, 1.54) is 23.8 Å². The molecule has 0 bridgehead atoms. The number of benzene rings is 2. The van der Waals surface area contributed by atoms with Crippen molar-refractivity contribution >= 4 is 24.1 Å². The van der Waals surface area contributed by atoms with E-state index < -0.39 is 10.9 Å². The van der Waals surface area contributed by atoms with Gasteiger partial charge in [0.25, 0.3) is 5.69 Å². The Balaban J connectivity index is 0.00000243. The molecule has 7 heteroatoms.